The summed E-state index contributed by atoms with van der Waals surface area (Å²) in [4.78, 5) is 25.8. The van der Waals surface area contributed by atoms with Crippen molar-refractivity contribution in [1.82, 2.24) is 0 Å². The predicted molar refractivity (Wildman–Crippen MR) is 112 cm³/mol. The molecule has 0 heterocycles. The van der Waals surface area contributed by atoms with Crippen molar-refractivity contribution < 1.29 is 19.1 Å². The molecule has 0 saturated heterocycles. The molecule has 4 heteroatoms. The van der Waals surface area contributed by atoms with Gasteiger partial charge in [-0.2, -0.15) is 0 Å². The largest absolute Gasteiger partial charge is 0.494 e. The highest BCUT2D eigenvalue weighted by atomic mass is 16.5. The second kappa shape index (κ2) is 9.69. The molecule has 29 heavy (non-hydrogen) atoms. The molecule has 0 aromatic heterocycles. The Hall–Kier alpha value is -3.40. The number of ether oxygens (including phenoxy) is 2. The zero-order valence-electron chi connectivity index (χ0n) is 16.6. The minimum absolute atomic E-state index is 0.249. The molecule has 0 aliphatic rings. The van der Waals surface area contributed by atoms with Gasteiger partial charge in [0.2, 0.25) is 5.78 Å². The molecule has 0 amide bonds. The van der Waals surface area contributed by atoms with Crippen LogP contribution >= 0.6 is 0 Å². The molecule has 0 fully saturated rings. The molecule has 3 aromatic carbocycles. The van der Waals surface area contributed by atoms with E-state index < -0.39 is 18.0 Å². The topological polar surface area (TPSA) is 52.6 Å². The third-order valence-corrected chi connectivity index (χ3v) is 4.61. The standard InChI is InChI=1S/C25H24O4/c1-3-28-22-16-14-21(15-17-22)24(26)18(2)29-25(27)23(19-10-6-4-7-11-19)20-12-8-5-9-13-20/h4-18,23H,3H2,1-2H3/t18-/m1/s1. The second-order valence-corrected chi connectivity index (χ2v) is 6.66. The molecule has 0 radical (unpaired) electrons. The van der Waals surface area contributed by atoms with Crippen molar-refractivity contribution >= 4 is 11.8 Å². The lowest BCUT2D eigenvalue weighted by Crippen LogP contribution is -2.28. The first kappa shape index (κ1) is 20.3. The number of hydrogen-bond acceptors (Lipinski definition) is 4. The van der Waals surface area contributed by atoms with Gasteiger partial charge < -0.3 is 9.47 Å². The van der Waals surface area contributed by atoms with E-state index in [0.29, 0.717) is 17.9 Å². The number of benzene rings is 3. The monoisotopic (exact) mass is 388 g/mol. The van der Waals surface area contributed by atoms with Gasteiger partial charge in [0.05, 0.1) is 6.61 Å². The first-order chi connectivity index (χ1) is 14.1. The van der Waals surface area contributed by atoms with Crippen LogP contribution in [0.25, 0.3) is 0 Å². The van der Waals surface area contributed by atoms with Crippen LogP contribution in [-0.2, 0) is 9.53 Å². The Balaban J connectivity index is 1.77. The molecular weight excluding hydrogens is 364 g/mol. The smallest absolute Gasteiger partial charge is 0.318 e. The van der Waals surface area contributed by atoms with Gasteiger partial charge in [-0.05, 0) is 49.2 Å². The SMILES string of the molecule is CCOc1ccc(C(=O)[C@@H](C)OC(=O)C(c2ccccc2)c2ccccc2)cc1. The number of hydrogen-bond donors (Lipinski definition) is 0. The maximum atomic E-state index is 13.0. The fourth-order valence-electron chi connectivity index (χ4n) is 3.17. The third kappa shape index (κ3) is 5.11. The Morgan fingerprint density at radius 2 is 1.31 bits per heavy atom. The summed E-state index contributed by atoms with van der Waals surface area (Å²) in [5.41, 5.74) is 2.12. The molecule has 3 rings (SSSR count). The molecular formula is C25H24O4. The van der Waals surface area contributed by atoms with Crippen molar-refractivity contribution in [3.05, 3.63) is 102 Å². The normalized spacial score (nSPS) is 11.7. The number of carbonyl (C=O) groups is 2. The number of ketones is 1. The molecule has 3 aromatic rings. The fraction of sp³-hybridized carbons (Fsp3) is 0.200. The summed E-state index contributed by atoms with van der Waals surface area (Å²) in [5, 5.41) is 0. The van der Waals surface area contributed by atoms with Gasteiger partial charge >= 0.3 is 5.97 Å². The molecule has 1 atom stereocenters. The summed E-state index contributed by atoms with van der Waals surface area (Å²) in [6.07, 6.45) is -0.893. The lowest BCUT2D eigenvalue weighted by molar-refractivity contribution is -0.147. The van der Waals surface area contributed by atoms with Crippen molar-refractivity contribution in [3.63, 3.8) is 0 Å². The average Bonchev–Trinajstić information content (AvgIpc) is 2.75. The van der Waals surface area contributed by atoms with Crippen LogP contribution in [-0.4, -0.2) is 24.5 Å². The molecule has 0 aliphatic heterocycles. The van der Waals surface area contributed by atoms with Gasteiger partial charge in [0.1, 0.15) is 11.7 Å². The Labute approximate surface area is 171 Å². The highest BCUT2D eigenvalue weighted by molar-refractivity contribution is 6.00. The molecule has 0 saturated carbocycles. The highest BCUT2D eigenvalue weighted by Crippen LogP contribution is 2.27. The minimum atomic E-state index is -0.893. The number of Topliss-reactive ketones (excluding diaryl/α,β-unsaturated/α-hetero) is 1. The van der Waals surface area contributed by atoms with Crippen molar-refractivity contribution in [2.75, 3.05) is 6.61 Å². The van der Waals surface area contributed by atoms with E-state index in [1.165, 1.54) is 0 Å². The van der Waals surface area contributed by atoms with Gasteiger partial charge in [0.25, 0.3) is 0 Å². The molecule has 0 unspecified atom stereocenters. The van der Waals surface area contributed by atoms with Crippen molar-refractivity contribution in [2.24, 2.45) is 0 Å². The van der Waals surface area contributed by atoms with E-state index in [4.69, 9.17) is 9.47 Å². The molecule has 0 spiro atoms. The van der Waals surface area contributed by atoms with Gasteiger partial charge in [0, 0.05) is 5.56 Å². The van der Waals surface area contributed by atoms with Crippen LogP contribution in [0.2, 0.25) is 0 Å². The predicted octanol–water partition coefficient (Wildman–Crippen LogP) is 5.03. The number of rotatable bonds is 8. The highest BCUT2D eigenvalue weighted by Gasteiger charge is 2.28. The quantitative estimate of drug-likeness (QED) is 0.401. The van der Waals surface area contributed by atoms with E-state index >= 15 is 0 Å². The van der Waals surface area contributed by atoms with E-state index in [-0.39, 0.29) is 5.78 Å². The van der Waals surface area contributed by atoms with Crippen LogP contribution in [0.1, 0.15) is 41.3 Å². The van der Waals surface area contributed by atoms with Crippen molar-refractivity contribution in [2.45, 2.75) is 25.9 Å². The summed E-state index contributed by atoms with van der Waals surface area (Å²) < 4.78 is 11.0. The Kier molecular flexibility index (Phi) is 6.80. The summed E-state index contributed by atoms with van der Waals surface area (Å²) in [7, 11) is 0. The second-order valence-electron chi connectivity index (χ2n) is 6.66. The average molecular weight is 388 g/mol. The lowest BCUT2D eigenvalue weighted by Gasteiger charge is -2.20. The number of esters is 1. The summed E-state index contributed by atoms with van der Waals surface area (Å²) >= 11 is 0. The van der Waals surface area contributed by atoms with Crippen LogP contribution in [0.4, 0.5) is 0 Å². The minimum Gasteiger partial charge on any atom is -0.494 e. The van der Waals surface area contributed by atoms with Gasteiger partial charge in [-0.1, -0.05) is 60.7 Å². The van der Waals surface area contributed by atoms with E-state index in [1.54, 1.807) is 31.2 Å². The van der Waals surface area contributed by atoms with Crippen LogP contribution in [0, 0.1) is 0 Å². The van der Waals surface area contributed by atoms with Crippen LogP contribution < -0.4 is 4.74 Å². The molecule has 0 N–H and O–H groups in total. The Morgan fingerprint density at radius 1 is 0.793 bits per heavy atom. The van der Waals surface area contributed by atoms with Gasteiger partial charge in [-0.25, -0.2) is 0 Å². The van der Waals surface area contributed by atoms with E-state index in [9.17, 15) is 9.59 Å². The van der Waals surface area contributed by atoms with Gasteiger partial charge in [-0.3, -0.25) is 9.59 Å². The van der Waals surface area contributed by atoms with Crippen LogP contribution in [0.5, 0.6) is 5.75 Å². The van der Waals surface area contributed by atoms with Crippen molar-refractivity contribution in [3.8, 4) is 5.75 Å². The maximum absolute atomic E-state index is 13.0. The molecule has 0 bridgehead atoms. The lowest BCUT2D eigenvalue weighted by atomic mass is 9.91. The Bertz CT molecular complexity index is 894. The third-order valence-electron chi connectivity index (χ3n) is 4.61. The van der Waals surface area contributed by atoms with Crippen molar-refractivity contribution in [1.29, 1.82) is 0 Å². The van der Waals surface area contributed by atoms with E-state index in [2.05, 4.69) is 0 Å². The fourth-order valence-corrected chi connectivity index (χ4v) is 3.17. The first-order valence-electron chi connectivity index (χ1n) is 9.67. The summed E-state index contributed by atoms with van der Waals surface area (Å²) in [5.74, 6) is -0.592. The number of carbonyl (C=O) groups excluding carboxylic acids is 2. The summed E-state index contributed by atoms with van der Waals surface area (Å²) in [6.45, 7) is 4.06. The van der Waals surface area contributed by atoms with E-state index in [1.807, 2.05) is 67.6 Å². The van der Waals surface area contributed by atoms with Gasteiger partial charge in [-0.15, -0.1) is 0 Å². The molecule has 0 aliphatic carbocycles. The van der Waals surface area contributed by atoms with Gasteiger partial charge in [0.15, 0.2) is 6.10 Å². The van der Waals surface area contributed by atoms with Crippen LogP contribution in [0.15, 0.2) is 84.9 Å². The molecule has 4 nitrogen and oxygen atoms in total. The van der Waals surface area contributed by atoms with Crippen LogP contribution in [0.3, 0.4) is 0 Å². The molecule has 148 valence electrons. The first-order valence-corrected chi connectivity index (χ1v) is 9.67. The zero-order chi connectivity index (χ0) is 20.6. The van der Waals surface area contributed by atoms with E-state index in [0.717, 1.165) is 11.1 Å². The maximum Gasteiger partial charge on any atom is 0.318 e. The Morgan fingerprint density at radius 3 is 1.79 bits per heavy atom. The zero-order valence-corrected chi connectivity index (χ0v) is 16.6. The summed E-state index contributed by atoms with van der Waals surface area (Å²) in [6, 6.07) is 25.7.